The van der Waals surface area contributed by atoms with E-state index in [0.717, 1.165) is 33.3 Å². The molecule has 0 amide bonds. The van der Waals surface area contributed by atoms with E-state index in [4.69, 9.17) is 10.2 Å². The monoisotopic (exact) mass is 327 g/mol. The van der Waals surface area contributed by atoms with E-state index in [-0.39, 0.29) is 5.63 Å². The lowest BCUT2D eigenvalue weighted by Crippen LogP contribution is -2.01. The van der Waals surface area contributed by atoms with Crippen LogP contribution in [0.4, 0.5) is 0 Å². The molecule has 0 saturated heterocycles. The summed E-state index contributed by atoms with van der Waals surface area (Å²) in [6.45, 7) is 0.706. The molecular formula is C13H14BrNO2S. The van der Waals surface area contributed by atoms with E-state index >= 15 is 0 Å². The normalized spacial score (nSPS) is 11.0. The zero-order chi connectivity index (χ0) is 13.0. The Hall–Kier alpha value is -0.780. The van der Waals surface area contributed by atoms with Crippen molar-refractivity contribution < 1.29 is 4.42 Å². The molecule has 0 saturated carbocycles. The molecule has 2 rings (SSSR count). The minimum atomic E-state index is -0.296. The van der Waals surface area contributed by atoms with Gasteiger partial charge in [0.2, 0.25) is 0 Å². The third-order valence-corrected chi connectivity index (χ3v) is 4.13. The molecule has 3 nitrogen and oxygen atoms in total. The van der Waals surface area contributed by atoms with Crippen molar-refractivity contribution in [3.05, 3.63) is 44.7 Å². The number of benzene rings is 1. The molecule has 5 heteroatoms. The minimum absolute atomic E-state index is 0.296. The zero-order valence-corrected chi connectivity index (χ0v) is 12.2. The second-order valence-corrected chi connectivity index (χ2v) is 5.95. The lowest BCUT2D eigenvalue weighted by Gasteiger charge is -2.05. The van der Waals surface area contributed by atoms with E-state index < -0.39 is 0 Å². The summed E-state index contributed by atoms with van der Waals surface area (Å²) in [5, 5.41) is 0.998. The Morgan fingerprint density at radius 3 is 2.94 bits per heavy atom. The van der Waals surface area contributed by atoms with E-state index in [1.54, 1.807) is 17.8 Å². The summed E-state index contributed by atoms with van der Waals surface area (Å²) >= 11 is 5.16. The molecular weight excluding hydrogens is 314 g/mol. The van der Waals surface area contributed by atoms with Crippen molar-refractivity contribution in [1.29, 1.82) is 0 Å². The quantitative estimate of drug-likeness (QED) is 0.677. The molecule has 96 valence electrons. The standard InChI is InChI=1S/C13H14BrNO2S/c14-10-2-3-11-9(8-18-5-1-4-15)6-13(16)17-12(11)7-10/h2-3,6-7H,1,4-5,8,15H2. The van der Waals surface area contributed by atoms with E-state index in [0.29, 0.717) is 12.1 Å². The second-order valence-electron chi connectivity index (χ2n) is 3.93. The molecule has 18 heavy (non-hydrogen) atoms. The summed E-state index contributed by atoms with van der Waals surface area (Å²) < 4.78 is 6.10. The molecule has 0 fully saturated rings. The van der Waals surface area contributed by atoms with Crippen LogP contribution in [0.25, 0.3) is 11.0 Å². The Labute approximate surface area is 118 Å². The van der Waals surface area contributed by atoms with E-state index in [9.17, 15) is 4.79 Å². The van der Waals surface area contributed by atoms with Crippen LogP contribution in [-0.2, 0) is 5.75 Å². The number of thioether (sulfide) groups is 1. The fourth-order valence-electron chi connectivity index (χ4n) is 1.69. The number of nitrogens with two attached hydrogens (primary N) is 1. The van der Waals surface area contributed by atoms with Gasteiger partial charge in [0.15, 0.2) is 0 Å². The molecule has 0 atom stereocenters. The van der Waals surface area contributed by atoms with Gasteiger partial charge in [0.25, 0.3) is 0 Å². The zero-order valence-electron chi connectivity index (χ0n) is 9.82. The van der Waals surface area contributed by atoms with Crippen molar-refractivity contribution in [2.24, 2.45) is 5.73 Å². The van der Waals surface area contributed by atoms with Crippen molar-refractivity contribution in [2.75, 3.05) is 12.3 Å². The van der Waals surface area contributed by atoms with Crippen LogP contribution in [0, 0.1) is 0 Å². The Kier molecular flexibility index (Phi) is 4.86. The Balaban J connectivity index is 2.28. The van der Waals surface area contributed by atoms with Crippen LogP contribution >= 0.6 is 27.7 Å². The number of fused-ring (bicyclic) bond motifs is 1. The first-order valence-corrected chi connectivity index (χ1v) is 7.65. The Morgan fingerprint density at radius 1 is 1.33 bits per heavy atom. The average molecular weight is 328 g/mol. The summed E-state index contributed by atoms with van der Waals surface area (Å²) in [6.07, 6.45) is 0.996. The number of hydrogen-bond acceptors (Lipinski definition) is 4. The third kappa shape index (κ3) is 3.37. The van der Waals surface area contributed by atoms with Gasteiger partial charge in [-0.25, -0.2) is 4.79 Å². The summed E-state index contributed by atoms with van der Waals surface area (Å²) in [5.41, 5.74) is 6.81. The van der Waals surface area contributed by atoms with Gasteiger partial charge >= 0.3 is 5.63 Å². The molecule has 2 N–H and O–H groups in total. The SMILES string of the molecule is NCCCSCc1cc(=O)oc2cc(Br)ccc12. The maximum absolute atomic E-state index is 11.5. The molecule has 1 aromatic heterocycles. The van der Waals surface area contributed by atoms with Crippen LogP contribution in [-0.4, -0.2) is 12.3 Å². The van der Waals surface area contributed by atoms with E-state index in [1.807, 2.05) is 18.2 Å². The fraction of sp³-hybridized carbons (Fsp3) is 0.308. The molecule has 0 aliphatic heterocycles. The Morgan fingerprint density at radius 2 is 2.17 bits per heavy atom. The van der Waals surface area contributed by atoms with Gasteiger partial charge in [-0.2, -0.15) is 11.8 Å². The van der Waals surface area contributed by atoms with Crippen molar-refractivity contribution in [3.63, 3.8) is 0 Å². The first-order chi connectivity index (χ1) is 8.70. The molecule has 2 aromatic rings. The van der Waals surface area contributed by atoms with Gasteiger partial charge in [-0.05, 0) is 42.5 Å². The first kappa shape index (κ1) is 13.6. The van der Waals surface area contributed by atoms with Crippen LogP contribution in [0.2, 0.25) is 0 Å². The lowest BCUT2D eigenvalue weighted by molar-refractivity contribution is 0.559. The number of rotatable bonds is 5. The van der Waals surface area contributed by atoms with Crippen LogP contribution < -0.4 is 11.4 Å². The second kappa shape index (κ2) is 6.41. The van der Waals surface area contributed by atoms with Crippen LogP contribution in [0.15, 0.2) is 37.9 Å². The predicted molar refractivity (Wildman–Crippen MR) is 80.0 cm³/mol. The fourth-order valence-corrected chi connectivity index (χ4v) is 3.00. The molecule has 1 aromatic carbocycles. The van der Waals surface area contributed by atoms with Crippen molar-refractivity contribution in [1.82, 2.24) is 0 Å². The van der Waals surface area contributed by atoms with Crippen molar-refractivity contribution in [3.8, 4) is 0 Å². The van der Waals surface area contributed by atoms with Gasteiger partial charge < -0.3 is 10.2 Å². The Bertz CT molecular complexity index is 597. The maximum atomic E-state index is 11.5. The summed E-state index contributed by atoms with van der Waals surface area (Å²) in [7, 11) is 0. The average Bonchev–Trinajstić information content (AvgIpc) is 2.33. The lowest BCUT2D eigenvalue weighted by atomic mass is 10.1. The predicted octanol–water partition coefficient (Wildman–Crippen LogP) is 3.14. The molecule has 0 bridgehead atoms. The smallest absolute Gasteiger partial charge is 0.336 e. The summed E-state index contributed by atoms with van der Waals surface area (Å²) in [6, 6.07) is 7.33. The highest BCUT2D eigenvalue weighted by molar-refractivity contribution is 9.10. The highest BCUT2D eigenvalue weighted by Gasteiger charge is 2.06. The molecule has 0 radical (unpaired) electrons. The largest absolute Gasteiger partial charge is 0.423 e. The van der Waals surface area contributed by atoms with Crippen molar-refractivity contribution >= 4 is 38.7 Å². The molecule has 0 aliphatic carbocycles. The van der Waals surface area contributed by atoms with Gasteiger partial charge in [0.05, 0.1) is 0 Å². The highest BCUT2D eigenvalue weighted by Crippen LogP contribution is 2.24. The maximum Gasteiger partial charge on any atom is 0.336 e. The van der Waals surface area contributed by atoms with Crippen LogP contribution in [0.1, 0.15) is 12.0 Å². The van der Waals surface area contributed by atoms with E-state index in [2.05, 4.69) is 15.9 Å². The summed E-state index contributed by atoms with van der Waals surface area (Å²) in [4.78, 5) is 11.5. The van der Waals surface area contributed by atoms with Gasteiger partial charge in [-0.3, -0.25) is 0 Å². The first-order valence-electron chi connectivity index (χ1n) is 5.71. The highest BCUT2D eigenvalue weighted by atomic mass is 79.9. The third-order valence-electron chi connectivity index (χ3n) is 2.54. The summed E-state index contributed by atoms with van der Waals surface area (Å²) in [5.74, 6) is 1.82. The van der Waals surface area contributed by atoms with Crippen molar-refractivity contribution in [2.45, 2.75) is 12.2 Å². The molecule has 0 spiro atoms. The van der Waals surface area contributed by atoms with Gasteiger partial charge in [-0.15, -0.1) is 0 Å². The van der Waals surface area contributed by atoms with E-state index in [1.165, 1.54) is 0 Å². The number of halogens is 1. The van der Waals surface area contributed by atoms with Gasteiger partial charge in [0.1, 0.15) is 5.58 Å². The van der Waals surface area contributed by atoms with Gasteiger partial charge in [-0.1, -0.05) is 15.9 Å². The topological polar surface area (TPSA) is 56.2 Å². The van der Waals surface area contributed by atoms with Crippen LogP contribution in [0.3, 0.4) is 0 Å². The van der Waals surface area contributed by atoms with Gasteiger partial charge in [0, 0.05) is 21.7 Å². The molecule has 0 aliphatic rings. The molecule has 1 heterocycles. The molecule has 0 unspecified atom stereocenters. The minimum Gasteiger partial charge on any atom is -0.423 e. The number of hydrogen-bond donors (Lipinski definition) is 1. The van der Waals surface area contributed by atoms with Crippen LogP contribution in [0.5, 0.6) is 0 Å².